The highest BCUT2D eigenvalue weighted by molar-refractivity contribution is 5.73. The first kappa shape index (κ1) is 15.7. The minimum Gasteiger partial charge on any atom is -0.481 e. The highest BCUT2D eigenvalue weighted by Crippen LogP contribution is 2.34. The summed E-state index contributed by atoms with van der Waals surface area (Å²) in [6.45, 7) is 6.29. The van der Waals surface area contributed by atoms with Crippen LogP contribution in [0.3, 0.4) is 0 Å². The van der Waals surface area contributed by atoms with E-state index in [0.717, 1.165) is 12.0 Å². The molecular weight excluding hydrogens is 240 g/mol. The van der Waals surface area contributed by atoms with Crippen molar-refractivity contribution in [1.82, 2.24) is 0 Å². The van der Waals surface area contributed by atoms with Crippen LogP contribution in [-0.4, -0.2) is 18.2 Å². The lowest BCUT2D eigenvalue weighted by molar-refractivity contribution is -0.147. The molecule has 0 radical (unpaired) electrons. The van der Waals surface area contributed by atoms with E-state index < -0.39 is 11.4 Å². The lowest BCUT2D eigenvalue weighted by Gasteiger charge is -2.25. The van der Waals surface area contributed by atoms with Crippen molar-refractivity contribution >= 4 is 5.97 Å². The van der Waals surface area contributed by atoms with Gasteiger partial charge >= 0.3 is 5.97 Å². The first-order valence-electron chi connectivity index (χ1n) is 6.72. The molecule has 0 aromatic heterocycles. The summed E-state index contributed by atoms with van der Waals surface area (Å²) in [4.78, 5) is 11.2. The summed E-state index contributed by atoms with van der Waals surface area (Å²) in [6, 6.07) is 8.27. The largest absolute Gasteiger partial charge is 0.481 e. The number of benzene rings is 1. The number of ether oxygens (including phenoxy) is 1. The van der Waals surface area contributed by atoms with Gasteiger partial charge in [0.05, 0.1) is 12.0 Å². The standard InChI is InChI=1S/C16H24O3/c1-5-13(10-16(2,3)15(17)18)14-8-6-12(7-9-14)11-19-4/h6-9,13H,5,10-11H2,1-4H3,(H,17,18). The Morgan fingerprint density at radius 3 is 2.32 bits per heavy atom. The van der Waals surface area contributed by atoms with Crippen LogP contribution in [0.2, 0.25) is 0 Å². The minimum absolute atomic E-state index is 0.280. The topological polar surface area (TPSA) is 46.5 Å². The Bertz CT molecular complexity index is 407. The SMILES string of the molecule is CCC(CC(C)(C)C(=O)O)c1ccc(COC)cc1. The van der Waals surface area contributed by atoms with Gasteiger partial charge in [-0.3, -0.25) is 4.79 Å². The average Bonchev–Trinajstić information content (AvgIpc) is 2.37. The van der Waals surface area contributed by atoms with Crippen LogP contribution in [0.15, 0.2) is 24.3 Å². The molecule has 19 heavy (non-hydrogen) atoms. The molecule has 106 valence electrons. The van der Waals surface area contributed by atoms with E-state index in [1.807, 2.05) is 0 Å². The Kier molecular flexibility index (Phi) is 5.55. The average molecular weight is 264 g/mol. The molecule has 0 fully saturated rings. The van der Waals surface area contributed by atoms with Gasteiger partial charge in [0.2, 0.25) is 0 Å². The molecule has 3 nitrogen and oxygen atoms in total. The molecule has 1 N–H and O–H groups in total. The molecule has 0 heterocycles. The molecule has 0 aliphatic rings. The van der Waals surface area contributed by atoms with Crippen molar-refractivity contribution in [2.75, 3.05) is 7.11 Å². The van der Waals surface area contributed by atoms with Gasteiger partial charge in [0, 0.05) is 7.11 Å². The summed E-state index contributed by atoms with van der Waals surface area (Å²) in [5.41, 5.74) is 1.65. The zero-order valence-corrected chi connectivity index (χ0v) is 12.3. The van der Waals surface area contributed by atoms with E-state index in [2.05, 4.69) is 31.2 Å². The Labute approximate surface area is 115 Å². The molecule has 1 rings (SSSR count). The maximum atomic E-state index is 11.2. The highest BCUT2D eigenvalue weighted by atomic mass is 16.5. The number of hydrogen-bond donors (Lipinski definition) is 1. The minimum atomic E-state index is -0.734. The molecule has 0 aliphatic heterocycles. The summed E-state index contributed by atoms with van der Waals surface area (Å²) in [7, 11) is 1.68. The van der Waals surface area contributed by atoms with E-state index in [-0.39, 0.29) is 5.92 Å². The van der Waals surface area contributed by atoms with Crippen LogP contribution in [0.1, 0.15) is 50.7 Å². The van der Waals surface area contributed by atoms with E-state index in [1.54, 1.807) is 21.0 Å². The van der Waals surface area contributed by atoms with Gasteiger partial charge in [-0.15, -0.1) is 0 Å². The molecule has 1 unspecified atom stereocenters. The van der Waals surface area contributed by atoms with E-state index in [1.165, 1.54) is 5.56 Å². The maximum absolute atomic E-state index is 11.2. The van der Waals surface area contributed by atoms with Gasteiger partial charge in [0.1, 0.15) is 0 Å². The van der Waals surface area contributed by atoms with E-state index in [0.29, 0.717) is 13.0 Å². The molecule has 0 bridgehead atoms. The predicted octanol–water partition coefficient (Wildman–Crippen LogP) is 3.83. The number of carboxylic acid groups (broad SMARTS) is 1. The van der Waals surface area contributed by atoms with E-state index >= 15 is 0 Å². The number of rotatable bonds is 7. The van der Waals surface area contributed by atoms with Gasteiger partial charge in [-0.2, -0.15) is 0 Å². The van der Waals surface area contributed by atoms with Crippen LogP contribution >= 0.6 is 0 Å². The molecule has 3 heteroatoms. The molecule has 0 amide bonds. The van der Waals surface area contributed by atoms with Gasteiger partial charge in [0.15, 0.2) is 0 Å². The van der Waals surface area contributed by atoms with Gasteiger partial charge < -0.3 is 9.84 Å². The third-order valence-electron chi connectivity index (χ3n) is 3.59. The predicted molar refractivity (Wildman–Crippen MR) is 76.2 cm³/mol. The van der Waals surface area contributed by atoms with E-state index in [9.17, 15) is 9.90 Å². The van der Waals surface area contributed by atoms with Crippen molar-refractivity contribution in [3.05, 3.63) is 35.4 Å². The second kappa shape index (κ2) is 6.71. The number of carboxylic acids is 1. The van der Waals surface area contributed by atoms with Gasteiger partial charge in [-0.05, 0) is 43.7 Å². The maximum Gasteiger partial charge on any atom is 0.309 e. The quantitative estimate of drug-likeness (QED) is 0.814. The molecule has 1 aromatic rings. The summed E-state index contributed by atoms with van der Waals surface area (Å²) in [5.74, 6) is -0.454. The van der Waals surface area contributed by atoms with Crippen molar-refractivity contribution in [2.45, 2.75) is 46.1 Å². The van der Waals surface area contributed by atoms with Crippen molar-refractivity contribution < 1.29 is 14.6 Å². The zero-order chi connectivity index (χ0) is 14.5. The third-order valence-corrected chi connectivity index (χ3v) is 3.59. The molecule has 0 spiro atoms. The second-order valence-electron chi connectivity index (χ2n) is 5.67. The first-order chi connectivity index (χ1) is 8.90. The molecule has 0 saturated heterocycles. The van der Waals surface area contributed by atoms with Crippen molar-refractivity contribution in [2.24, 2.45) is 5.41 Å². The number of methoxy groups -OCH3 is 1. The monoisotopic (exact) mass is 264 g/mol. The number of aliphatic carboxylic acids is 1. The summed E-state index contributed by atoms with van der Waals surface area (Å²) in [5, 5.41) is 9.23. The van der Waals surface area contributed by atoms with Crippen LogP contribution in [0.5, 0.6) is 0 Å². The molecule has 0 saturated carbocycles. The van der Waals surface area contributed by atoms with E-state index in [4.69, 9.17) is 4.74 Å². The summed E-state index contributed by atoms with van der Waals surface area (Å²) in [6.07, 6.45) is 1.60. The van der Waals surface area contributed by atoms with Gasteiger partial charge in [-0.1, -0.05) is 31.2 Å². The lowest BCUT2D eigenvalue weighted by atomic mass is 9.79. The molecule has 0 aliphatic carbocycles. The second-order valence-corrected chi connectivity index (χ2v) is 5.67. The lowest BCUT2D eigenvalue weighted by Crippen LogP contribution is -2.26. The van der Waals surface area contributed by atoms with Crippen LogP contribution in [-0.2, 0) is 16.1 Å². The van der Waals surface area contributed by atoms with Gasteiger partial charge in [-0.25, -0.2) is 0 Å². The summed E-state index contributed by atoms with van der Waals surface area (Å²) < 4.78 is 5.09. The molecule has 1 atom stereocenters. The normalized spacial score (nSPS) is 13.3. The smallest absolute Gasteiger partial charge is 0.309 e. The zero-order valence-electron chi connectivity index (χ0n) is 12.3. The Morgan fingerprint density at radius 2 is 1.89 bits per heavy atom. The van der Waals surface area contributed by atoms with Crippen LogP contribution in [0, 0.1) is 5.41 Å². The first-order valence-corrected chi connectivity index (χ1v) is 6.72. The fourth-order valence-corrected chi connectivity index (χ4v) is 2.25. The summed E-state index contributed by atoms with van der Waals surface area (Å²) >= 11 is 0. The Morgan fingerprint density at radius 1 is 1.32 bits per heavy atom. The third kappa shape index (κ3) is 4.35. The Hall–Kier alpha value is -1.35. The van der Waals surface area contributed by atoms with Gasteiger partial charge in [0.25, 0.3) is 0 Å². The number of carbonyl (C=O) groups is 1. The van der Waals surface area contributed by atoms with Crippen LogP contribution in [0.4, 0.5) is 0 Å². The van der Waals surface area contributed by atoms with Crippen molar-refractivity contribution in [3.8, 4) is 0 Å². The fraction of sp³-hybridized carbons (Fsp3) is 0.562. The number of hydrogen-bond acceptors (Lipinski definition) is 2. The van der Waals surface area contributed by atoms with Crippen LogP contribution in [0.25, 0.3) is 0 Å². The van der Waals surface area contributed by atoms with Crippen molar-refractivity contribution in [1.29, 1.82) is 0 Å². The molecule has 1 aromatic carbocycles. The molecular formula is C16H24O3. The highest BCUT2D eigenvalue weighted by Gasteiger charge is 2.30. The fourth-order valence-electron chi connectivity index (χ4n) is 2.25. The van der Waals surface area contributed by atoms with Crippen molar-refractivity contribution in [3.63, 3.8) is 0 Å². The van der Waals surface area contributed by atoms with Crippen LogP contribution < -0.4 is 0 Å². The Balaban J connectivity index is 2.82.